The van der Waals surface area contributed by atoms with Gasteiger partial charge in [-0.3, -0.25) is 9.69 Å². The zero-order valence-corrected chi connectivity index (χ0v) is 12.9. The number of phenolic OH excluding ortho intramolecular Hbond substituents is 1. The fraction of sp³-hybridized carbons (Fsp3) is 0.278. The van der Waals surface area contributed by atoms with Gasteiger partial charge in [0.1, 0.15) is 11.6 Å². The molecule has 0 unspecified atom stereocenters. The Bertz CT molecular complexity index is 702. The third-order valence-electron chi connectivity index (χ3n) is 4.29. The van der Waals surface area contributed by atoms with E-state index in [4.69, 9.17) is 0 Å². The second-order valence-corrected chi connectivity index (χ2v) is 5.90. The molecule has 0 aliphatic carbocycles. The van der Waals surface area contributed by atoms with Gasteiger partial charge in [-0.1, -0.05) is 18.2 Å². The lowest BCUT2D eigenvalue weighted by molar-refractivity contribution is 0.0927. The molecule has 1 heterocycles. The predicted molar refractivity (Wildman–Crippen MR) is 85.7 cm³/mol. The Balaban J connectivity index is 1.78. The van der Waals surface area contributed by atoms with Gasteiger partial charge in [-0.25, -0.2) is 4.39 Å². The van der Waals surface area contributed by atoms with Gasteiger partial charge in [0.25, 0.3) is 5.91 Å². The van der Waals surface area contributed by atoms with Crippen LogP contribution in [-0.2, 0) is 0 Å². The van der Waals surface area contributed by atoms with Gasteiger partial charge in [-0.2, -0.15) is 0 Å². The molecule has 1 aliphatic rings. The van der Waals surface area contributed by atoms with Gasteiger partial charge in [-0.05, 0) is 49.4 Å². The fourth-order valence-electron chi connectivity index (χ4n) is 3.14. The van der Waals surface area contributed by atoms with Gasteiger partial charge in [0.2, 0.25) is 0 Å². The summed E-state index contributed by atoms with van der Waals surface area (Å²) in [6, 6.07) is 12.6. The highest BCUT2D eigenvalue weighted by Gasteiger charge is 2.34. The average Bonchev–Trinajstić information content (AvgIpc) is 2.89. The molecule has 120 valence electrons. The molecule has 5 heteroatoms. The first-order valence-electron chi connectivity index (χ1n) is 7.60. The number of halogens is 1. The monoisotopic (exact) mass is 314 g/mol. The second-order valence-electron chi connectivity index (χ2n) is 5.90. The van der Waals surface area contributed by atoms with Crippen molar-refractivity contribution in [2.24, 2.45) is 0 Å². The fourth-order valence-corrected chi connectivity index (χ4v) is 3.14. The van der Waals surface area contributed by atoms with E-state index in [-0.39, 0.29) is 29.6 Å². The van der Waals surface area contributed by atoms with E-state index in [1.54, 1.807) is 24.3 Å². The molecule has 0 spiro atoms. The van der Waals surface area contributed by atoms with Crippen LogP contribution in [0.1, 0.15) is 28.4 Å². The molecule has 2 aromatic carbocycles. The van der Waals surface area contributed by atoms with Gasteiger partial charge in [0.05, 0.1) is 12.1 Å². The summed E-state index contributed by atoms with van der Waals surface area (Å²) in [7, 11) is 1.99. The number of hydrogen-bond acceptors (Lipinski definition) is 3. The molecule has 0 bridgehead atoms. The zero-order valence-electron chi connectivity index (χ0n) is 12.9. The Morgan fingerprint density at radius 3 is 2.70 bits per heavy atom. The number of carbonyl (C=O) groups is 1. The zero-order chi connectivity index (χ0) is 16.4. The van der Waals surface area contributed by atoms with Crippen LogP contribution in [0.3, 0.4) is 0 Å². The molecule has 1 saturated heterocycles. The van der Waals surface area contributed by atoms with Crippen LogP contribution in [0.4, 0.5) is 4.39 Å². The van der Waals surface area contributed by atoms with Crippen molar-refractivity contribution in [1.82, 2.24) is 10.2 Å². The number of likely N-dealkylation sites (N-methyl/N-ethyl adjacent to an activating group) is 1. The minimum absolute atomic E-state index is 0.0110. The van der Waals surface area contributed by atoms with Crippen molar-refractivity contribution in [2.75, 3.05) is 13.6 Å². The number of amides is 1. The topological polar surface area (TPSA) is 52.6 Å². The molecule has 0 radical (unpaired) electrons. The smallest absolute Gasteiger partial charge is 0.251 e. The van der Waals surface area contributed by atoms with Crippen LogP contribution in [-0.4, -0.2) is 35.5 Å². The molecular formula is C18H19FN2O2. The summed E-state index contributed by atoms with van der Waals surface area (Å²) in [5.74, 6) is -0.417. The molecular weight excluding hydrogens is 295 g/mol. The van der Waals surface area contributed by atoms with Crippen LogP contribution in [0.15, 0.2) is 48.5 Å². The summed E-state index contributed by atoms with van der Waals surface area (Å²) in [6.07, 6.45) is 0.823. The lowest BCUT2D eigenvalue weighted by atomic mass is 9.99. The molecule has 0 saturated carbocycles. The average molecular weight is 314 g/mol. The molecule has 3 rings (SSSR count). The van der Waals surface area contributed by atoms with Crippen LogP contribution < -0.4 is 5.32 Å². The van der Waals surface area contributed by atoms with E-state index in [2.05, 4.69) is 10.2 Å². The van der Waals surface area contributed by atoms with E-state index in [9.17, 15) is 14.3 Å². The van der Waals surface area contributed by atoms with E-state index < -0.39 is 0 Å². The van der Waals surface area contributed by atoms with Crippen LogP contribution in [0, 0.1) is 5.82 Å². The predicted octanol–water partition coefficient (Wildman–Crippen LogP) is 2.71. The molecule has 1 amide bonds. The number of phenols is 1. The Hall–Kier alpha value is -2.40. The van der Waals surface area contributed by atoms with Crippen LogP contribution in [0.5, 0.6) is 5.75 Å². The summed E-state index contributed by atoms with van der Waals surface area (Å²) in [5.41, 5.74) is 1.41. The molecule has 0 aromatic heterocycles. The lowest BCUT2D eigenvalue weighted by Crippen LogP contribution is -2.38. The number of rotatable bonds is 3. The van der Waals surface area contributed by atoms with Crippen molar-refractivity contribution in [3.05, 3.63) is 65.5 Å². The first-order chi connectivity index (χ1) is 11.0. The van der Waals surface area contributed by atoms with E-state index in [1.165, 1.54) is 24.3 Å². The second kappa shape index (κ2) is 6.38. The first kappa shape index (κ1) is 15.5. The molecule has 2 N–H and O–H groups in total. The van der Waals surface area contributed by atoms with E-state index in [0.29, 0.717) is 5.56 Å². The largest absolute Gasteiger partial charge is 0.508 e. The number of benzene rings is 2. The first-order valence-corrected chi connectivity index (χ1v) is 7.60. The molecule has 2 atom stereocenters. The maximum atomic E-state index is 13.1. The molecule has 1 fully saturated rings. The minimum Gasteiger partial charge on any atom is -0.508 e. The van der Waals surface area contributed by atoms with Crippen molar-refractivity contribution < 1.29 is 14.3 Å². The highest BCUT2D eigenvalue weighted by Crippen LogP contribution is 2.31. The SMILES string of the molecule is CN1CC[C@H](NC(=O)c2cccc(O)c2)[C@@H]1c1ccc(F)cc1. The number of nitrogens with zero attached hydrogens (tertiary/aromatic N) is 1. The van der Waals surface area contributed by atoms with Crippen LogP contribution >= 0.6 is 0 Å². The third kappa shape index (κ3) is 3.35. The Kier molecular flexibility index (Phi) is 4.30. The summed E-state index contributed by atoms with van der Waals surface area (Å²) in [5, 5.41) is 12.5. The van der Waals surface area contributed by atoms with E-state index in [0.717, 1.165) is 18.5 Å². The Morgan fingerprint density at radius 2 is 2.00 bits per heavy atom. The summed E-state index contributed by atoms with van der Waals surface area (Å²) in [4.78, 5) is 14.5. The number of nitrogens with one attached hydrogen (secondary N) is 1. The quantitative estimate of drug-likeness (QED) is 0.916. The summed E-state index contributed by atoms with van der Waals surface area (Å²) >= 11 is 0. The van der Waals surface area contributed by atoms with Crippen molar-refractivity contribution in [3.63, 3.8) is 0 Å². The van der Waals surface area contributed by atoms with Crippen LogP contribution in [0.2, 0.25) is 0 Å². The normalized spacial score (nSPS) is 21.3. The molecule has 1 aliphatic heterocycles. The van der Waals surface area contributed by atoms with Crippen molar-refractivity contribution in [3.8, 4) is 5.75 Å². The van der Waals surface area contributed by atoms with Gasteiger partial charge in [0.15, 0.2) is 0 Å². The van der Waals surface area contributed by atoms with E-state index in [1.807, 2.05) is 7.05 Å². The van der Waals surface area contributed by atoms with E-state index >= 15 is 0 Å². The summed E-state index contributed by atoms with van der Waals surface area (Å²) < 4.78 is 13.1. The van der Waals surface area contributed by atoms with Gasteiger partial charge in [0, 0.05) is 12.1 Å². The number of aromatic hydroxyl groups is 1. The maximum Gasteiger partial charge on any atom is 0.251 e. The lowest BCUT2D eigenvalue weighted by Gasteiger charge is -2.26. The number of hydrogen-bond donors (Lipinski definition) is 2. The highest BCUT2D eigenvalue weighted by molar-refractivity contribution is 5.94. The van der Waals surface area contributed by atoms with Gasteiger partial charge in [-0.15, -0.1) is 0 Å². The van der Waals surface area contributed by atoms with Crippen molar-refractivity contribution in [1.29, 1.82) is 0 Å². The molecule has 4 nitrogen and oxygen atoms in total. The summed E-state index contributed by atoms with van der Waals surface area (Å²) in [6.45, 7) is 0.854. The van der Waals surface area contributed by atoms with Crippen molar-refractivity contribution >= 4 is 5.91 Å². The van der Waals surface area contributed by atoms with Gasteiger partial charge < -0.3 is 10.4 Å². The van der Waals surface area contributed by atoms with Gasteiger partial charge >= 0.3 is 0 Å². The number of carbonyl (C=O) groups excluding carboxylic acids is 1. The highest BCUT2D eigenvalue weighted by atomic mass is 19.1. The van der Waals surface area contributed by atoms with Crippen LogP contribution in [0.25, 0.3) is 0 Å². The van der Waals surface area contributed by atoms with Crippen molar-refractivity contribution in [2.45, 2.75) is 18.5 Å². The molecule has 23 heavy (non-hydrogen) atoms. The Labute approximate surface area is 134 Å². The molecule has 2 aromatic rings. The third-order valence-corrected chi connectivity index (χ3v) is 4.29. The standard InChI is InChI=1S/C18H19FN2O2/c1-21-10-9-16(17(21)12-5-7-14(19)8-6-12)20-18(23)13-3-2-4-15(22)11-13/h2-8,11,16-17,22H,9-10H2,1H3,(H,20,23)/t16-,17-/m0/s1. The number of likely N-dealkylation sites (tertiary alicyclic amines) is 1. The maximum absolute atomic E-state index is 13.1. The Morgan fingerprint density at radius 1 is 1.26 bits per heavy atom. The minimum atomic E-state index is -0.269.